The standard InChI is InChI=1S/C24H18BrClN2O6S/c25-16-2-6-18(7-3-16)28-23(29)12-20(24(28)30)27(35(31,32)19-8-4-17(26)5-9-19)13-15-1-10-21-22(11-15)34-14-33-21/h1-11,20H,12-14H2. The maximum Gasteiger partial charge on any atom is 0.252 e. The van der Waals surface area contributed by atoms with Gasteiger partial charge in [0.1, 0.15) is 6.04 Å². The van der Waals surface area contributed by atoms with E-state index in [1.54, 1.807) is 42.5 Å². The number of sulfonamides is 1. The van der Waals surface area contributed by atoms with E-state index < -0.39 is 27.9 Å². The molecule has 0 aliphatic carbocycles. The summed E-state index contributed by atoms with van der Waals surface area (Å²) >= 11 is 9.28. The summed E-state index contributed by atoms with van der Waals surface area (Å²) < 4.78 is 40.1. The average molecular weight is 578 g/mol. The Kier molecular flexibility index (Phi) is 6.30. The third-order valence-corrected chi connectivity index (χ3v) is 8.40. The predicted molar refractivity (Wildman–Crippen MR) is 132 cm³/mol. The number of carbonyl (C=O) groups is 2. The highest BCUT2D eigenvalue weighted by Crippen LogP contribution is 2.35. The van der Waals surface area contributed by atoms with Crippen molar-refractivity contribution in [2.75, 3.05) is 11.7 Å². The van der Waals surface area contributed by atoms with Crippen molar-refractivity contribution in [1.29, 1.82) is 0 Å². The molecule has 0 bridgehead atoms. The average Bonchev–Trinajstić information content (AvgIpc) is 3.41. The molecule has 2 amide bonds. The van der Waals surface area contributed by atoms with Gasteiger partial charge in [0.25, 0.3) is 5.91 Å². The first-order valence-corrected chi connectivity index (χ1v) is 13.1. The first-order chi connectivity index (χ1) is 16.7. The van der Waals surface area contributed by atoms with E-state index in [0.717, 1.165) is 13.7 Å². The Labute approximate surface area is 215 Å². The van der Waals surface area contributed by atoms with E-state index in [2.05, 4.69) is 15.9 Å². The quantitative estimate of drug-likeness (QED) is 0.405. The number of hydrogen-bond donors (Lipinski definition) is 0. The Morgan fingerprint density at radius 2 is 1.66 bits per heavy atom. The number of carbonyl (C=O) groups excluding carboxylic acids is 2. The third kappa shape index (κ3) is 4.54. The summed E-state index contributed by atoms with van der Waals surface area (Å²) in [7, 11) is -4.19. The number of ether oxygens (including phenoxy) is 2. The second-order valence-electron chi connectivity index (χ2n) is 7.96. The molecular formula is C24H18BrClN2O6S. The molecule has 0 N–H and O–H groups in total. The van der Waals surface area contributed by atoms with Crippen LogP contribution in [0.2, 0.25) is 5.02 Å². The molecule has 3 aromatic rings. The van der Waals surface area contributed by atoms with Crippen molar-refractivity contribution >= 4 is 55.1 Å². The lowest BCUT2D eigenvalue weighted by Crippen LogP contribution is -2.45. The summed E-state index contributed by atoms with van der Waals surface area (Å²) in [5, 5.41) is 0.375. The van der Waals surface area contributed by atoms with Crippen molar-refractivity contribution in [2.45, 2.75) is 23.9 Å². The summed E-state index contributed by atoms with van der Waals surface area (Å²) in [5.74, 6) is -0.0639. The fourth-order valence-corrected chi connectivity index (χ4v) is 5.99. The number of anilines is 1. The second kappa shape index (κ2) is 9.27. The van der Waals surface area contributed by atoms with Crippen LogP contribution in [0.25, 0.3) is 0 Å². The monoisotopic (exact) mass is 576 g/mol. The summed E-state index contributed by atoms with van der Waals surface area (Å²) in [4.78, 5) is 27.4. The molecule has 3 aromatic carbocycles. The van der Waals surface area contributed by atoms with Gasteiger partial charge in [-0.2, -0.15) is 4.31 Å². The molecule has 5 rings (SSSR count). The first kappa shape index (κ1) is 23.8. The summed E-state index contributed by atoms with van der Waals surface area (Å²) in [6.07, 6.45) is -0.285. The van der Waals surface area contributed by atoms with Crippen molar-refractivity contribution in [1.82, 2.24) is 4.31 Å². The number of fused-ring (bicyclic) bond motifs is 1. The summed E-state index contributed by atoms with van der Waals surface area (Å²) in [6.45, 7) is -0.0806. The van der Waals surface area contributed by atoms with Gasteiger partial charge in [-0.1, -0.05) is 33.6 Å². The van der Waals surface area contributed by atoms with Crippen LogP contribution in [0, 0.1) is 0 Å². The van der Waals surface area contributed by atoms with E-state index in [1.807, 2.05) is 0 Å². The molecule has 1 atom stereocenters. The van der Waals surface area contributed by atoms with Crippen LogP contribution in [-0.4, -0.2) is 37.4 Å². The van der Waals surface area contributed by atoms with Gasteiger partial charge in [-0.3, -0.25) is 9.59 Å². The van der Waals surface area contributed by atoms with Crippen molar-refractivity contribution < 1.29 is 27.5 Å². The minimum atomic E-state index is -4.19. The zero-order valence-electron chi connectivity index (χ0n) is 18.1. The van der Waals surface area contributed by atoms with Crippen LogP contribution >= 0.6 is 27.5 Å². The maximum absolute atomic E-state index is 13.7. The Morgan fingerprint density at radius 3 is 2.37 bits per heavy atom. The zero-order chi connectivity index (χ0) is 24.7. The Bertz CT molecular complexity index is 1410. The van der Waals surface area contributed by atoms with Gasteiger partial charge in [-0.15, -0.1) is 0 Å². The molecule has 2 heterocycles. The number of halogens is 2. The lowest BCUT2D eigenvalue weighted by atomic mass is 10.1. The maximum atomic E-state index is 13.7. The highest BCUT2D eigenvalue weighted by molar-refractivity contribution is 9.10. The fourth-order valence-electron chi connectivity index (χ4n) is 4.03. The normalized spacial score (nSPS) is 17.5. The Morgan fingerprint density at radius 1 is 0.971 bits per heavy atom. The number of imide groups is 1. The molecule has 1 fully saturated rings. The number of benzene rings is 3. The first-order valence-electron chi connectivity index (χ1n) is 10.5. The van der Waals surface area contributed by atoms with Crippen LogP contribution < -0.4 is 14.4 Å². The second-order valence-corrected chi connectivity index (χ2v) is 11.2. The molecule has 35 heavy (non-hydrogen) atoms. The van der Waals surface area contributed by atoms with E-state index in [1.165, 1.54) is 24.3 Å². The SMILES string of the molecule is O=C1CC(N(Cc2ccc3c(c2)OCO3)S(=O)(=O)c2ccc(Cl)cc2)C(=O)N1c1ccc(Br)cc1. The lowest BCUT2D eigenvalue weighted by Gasteiger charge is -2.27. The predicted octanol–water partition coefficient (Wildman–Crippen LogP) is 4.35. The van der Waals surface area contributed by atoms with Crippen molar-refractivity contribution in [3.8, 4) is 11.5 Å². The van der Waals surface area contributed by atoms with Gasteiger partial charge in [0, 0.05) is 16.0 Å². The number of amides is 2. The molecule has 0 aromatic heterocycles. The van der Waals surface area contributed by atoms with Gasteiger partial charge >= 0.3 is 0 Å². The smallest absolute Gasteiger partial charge is 0.252 e. The molecular weight excluding hydrogens is 560 g/mol. The van der Waals surface area contributed by atoms with Crippen LogP contribution in [0.4, 0.5) is 5.69 Å². The van der Waals surface area contributed by atoms with E-state index >= 15 is 0 Å². The molecule has 2 aliphatic heterocycles. The van der Waals surface area contributed by atoms with E-state index in [9.17, 15) is 18.0 Å². The van der Waals surface area contributed by atoms with E-state index in [-0.39, 0.29) is 24.7 Å². The van der Waals surface area contributed by atoms with Crippen molar-refractivity contribution in [3.63, 3.8) is 0 Å². The van der Waals surface area contributed by atoms with E-state index in [4.69, 9.17) is 21.1 Å². The minimum Gasteiger partial charge on any atom is -0.454 e. The van der Waals surface area contributed by atoms with Gasteiger partial charge in [-0.05, 0) is 66.2 Å². The van der Waals surface area contributed by atoms with Crippen LogP contribution in [-0.2, 0) is 26.2 Å². The summed E-state index contributed by atoms with van der Waals surface area (Å²) in [6, 6.07) is 16.2. The van der Waals surface area contributed by atoms with Crippen LogP contribution in [0.15, 0.2) is 76.1 Å². The zero-order valence-corrected chi connectivity index (χ0v) is 21.2. The van der Waals surface area contributed by atoms with E-state index in [0.29, 0.717) is 27.8 Å². The molecule has 1 saturated heterocycles. The van der Waals surface area contributed by atoms with Crippen molar-refractivity contribution in [3.05, 3.63) is 81.8 Å². The molecule has 1 unspecified atom stereocenters. The molecule has 11 heteroatoms. The number of rotatable bonds is 6. The van der Waals surface area contributed by atoms with Crippen LogP contribution in [0.5, 0.6) is 11.5 Å². The van der Waals surface area contributed by atoms with Gasteiger partial charge in [0.05, 0.1) is 17.0 Å². The largest absolute Gasteiger partial charge is 0.454 e. The summed E-state index contributed by atoms with van der Waals surface area (Å²) in [5.41, 5.74) is 0.951. The number of nitrogens with zero attached hydrogens (tertiary/aromatic N) is 2. The molecule has 2 aliphatic rings. The van der Waals surface area contributed by atoms with Crippen LogP contribution in [0.1, 0.15) is 12.0 Å². The molecule has 180 valence electrons. The minimum absolute atomic E-state index is 0.0371. The van der Waals surface area contributed by atoms with Crippen LogP contribution in [0.3, 0.4) is 0 Å². The highest BCUT2D eigenvalue weighted by atomic mass is 79.9. The molecule has 0 saturated carbocycles. The third-order valence-electron chi connectivity index (χ3n) is 5.75. The van der Waals surface area contributed by atoms with Gasteiger partial charge in [0.15, 0.2) is 11.5 Å². The Balaban J connectivity index is 1.54. The highest BCUT2D eigenvalue weighted by Gasteiger charge is 2.47. The van der Waals surface area contributed by atoms with Gasteiger partial charge in [-0.25, -0.2) is 13.3 Å². The molecule has 8 nitrogen and oxygen atoms in total. The lowest BCUT2D eigenvalue weighted by molar-refractivity contribution is -0.122. The van der Waals surface area contributed by atoms with Gasteiger partial charge in [0.2, 0.25) is 22.7 Å². The Hall–Kier alpha value is -2.92. The topological polar surface area (TPSA) is 93.2 Å². The molecule has 0 radical (unpaired) electrons. The van der Waals surface area contributed by atoms with Gasteiger partial charge < -0.3 is 9.47 Å². The number of hydrogen-bond acceptors (Lipinski definition) is 6. The van der Waals surface area contributed by atoms with Crippen molar-refractivity contribution in [2.24, 2.45) is 0 Å². The fraction of sp³-hybridized carbons (Fsp3) is 0.167. The molecule has 0 spiro atoms.